The molecule has 2 saturated heterocycles. The van der Waals surface area contributed by atoms with E-state index in [0.717, 1.165) is 36.9 Å². The number of alkyl halides is 6. The van der Waals surface area contributed by atoms with Gasteiger partial charge in [0.05, 0.1) is 50.0 Å². The third-order valence-corrected chi connectivity index (χ3v) is 20.8. The zero-order valence-electron chi connectivity index (χ0n) is 75.5. The summed E-state index contributed by atoms with van der Waals surface area (Å²) in [5.41, 5.74) is 12.7. The number of ether oxygens (including phenoxy) is 5. The summed E-state index contributed by atoms with van der Waals surface area (Å²) < 4.78 is 105. The van der Waals surface area contributed by atoms with Gasteiger partial charge in [0.2, 0.25) is 35.4 Å². The molecule has 2 aliphatic rings. The van der Waals surface area contributed by atoms with Crippen molar-refractivity contribution in [1.82, 2.24) is 47.0 Å². The van der Waals surface area contributed by atoms with Crippen molar-refractivity contribution in [3.63, 3.8) is 0 Å². The standard InChI is InChI=1S/C53H77F3N6O12.C38H53F3N6O6/c1-33(2)28-36(31-41(63)39(29-34-18-14-13-15-19-34)59-43(65)40(60-47(69)73-50(6,7)8)30-35-21-23-37(24-22-35)53(54,55)56)42(64)58-38(20-16-17-26-57-46(68)72-49(3,4)5)44(66)62-27-25-52(32-62,45(67)71-12)61-48(70)74-51(9,10)11;1-24(2)19-27(33(49)45-30(11-7-8-17-42)35(51)47-18-16-37(44,23-47)36(52)53-3)22-32(48)31(21-25-9-5-4-6-10-25)46-34(50)29(43)20-26-12-14-28(15-13-26)38(39,40)41/h13-15,18-19,21-24,33,36,38-40H,16-17,20,25-32H2,1-12H3,(H,57,68)(H,58,64)(H,59,65)(H,60,69)(H,61,70);4-6,9-10,12-15,24,27,29-31H,7-8,11,16-23,42-44H2,1-3H3,(H,45,49)(H,46,50)/t36-,38+,39+,40+,52?;27-,29+,30+,31+,37?/m00/s1. The normalized spacial score (nSPS) is 17.3. The van der Waals surface area contributed by atoms with Gasteiger partial charge in [0.1, 0.15) is 40.5 Å². The largest absolute Gasteiger partial charge is 0.468 e. The second-order valence-corrected chi connectivity index (χ2v) is 36.3. The Bertz CT molecular complexity index is 4310. The molecule has 30 nitrogen and oxygen atoms in total. The van der Waals surface area contributed by atoms with Crippen LogP contribution in [0.4, 0.5) is 40.7 Å². The van der Waals surface area contributed by atoms with Gasteiger partial charge in [-0.15, -0.1) is 0 Å². The predicted octanol–water partition coefficient (Wildman–Crippen LogP) is 9.98. The van der Waals surface area contributed by atoms with Gasteiger partial charge in [-0.05, 0) is 204 Å². The highest BCUT2D eigenvalue weighted by molar-refractivity contribution is 5.98. The monoisotopic (exact) mass is 1790 g/mol. The number of rotatable bonds is 41. The maximum Gasteiger partial charge on any atom is 0.416 e. The van der Waals surface area contributed by atoms with Crippen molar-refractivity contribution < 1.29 is 112 Å². The number of alkyl carbamates (subject to hydrolysis) is 3. The van der Waals surface area contributed by atoms with Gasteiger partial charge >= 0.3 is 42.6 Å². The Hall–Kier alpha value is -10.8. The summed E-state index contributed by atoms with van der Waals surface area (Å²) in [4.78, 5) is 180. The summed E-state index contributed by atoms with van der Waals surface area (Å²) in [5.74, 6) is -8.20. The zero-order chi connectivity index (χ0) is 95.2. The highest BCUT2D eigenvalue weighted by atomic mass is 19.4. The molecule has 4 aromatic carbocycles. The number of nitrogens with zero attached hydrogens (tertiary/aromatic N) is 2. The van der Waals surface area contributed by atoms with Crippen molar-refractivity contribution in [3.05, 3.63) is 143 Å². The molecule has 36 heteroatoms. The number of nitrogens with two attached hydrogens (primary N) is 3. The minimum Gasteiger partial charge on any atom is -0.468 e. The fourth-order valence-corrected chi connectivity index (χ4v) is 14.5. The van der Waals surface area contributed by atoms with Gasteiger partial charge in [-0.2, -0.15) is 26.3 Å². The first-order valence-electron chi connectivity index (χ1n) is 42.8. The van der Waals surface area contributed by atoms with Gasteiger partial charge in [-0.1, -0.05) is 113 Å². The second-order valence-electron chi connectivity index (χ2n) is 36.3. The number of carbonyl (C=O) groups excluding carboxylic acids is 13. The summed E-state index contributed by atoms with van der Waals surface area (Å²) in [5, 5.41) is 19.0. The Morgan fingerprint density at radius 2 is 0.827 bits per heavy atom. The molecular weight excluding hydrogens is 1660 g/mol. The molecule has 704 valence electrons. The number of esters is 2. The van der Waals surface area contributed by atoms with Gasteiger partial charge in [-0.25, -0.2) is 24.0 Å². The molecule has 4 aromatic rings. The first-order valence-corrected chi connectivity index (χ1v) is 42.8. The number of ketones is 2. The maximum absolute atomic E-state index is 14.6. The number of unbranched alkanes of at least 4 members (excludes halogenated alkanes) is 2. The highest BCUT2D eigenvalue weighted by Crippen LogP contribution is 2.33. The summed E-state index contributed by atoms with van der Waals surface area (Å²) in [7, 11) is 2.37. The van der Waals surface area contributed by atoms with E-state index in [9.17, 15) is 88.7 Å². The Balaban J connectivity index is 0.000000475. The van der Waals surface area contributed by atoms with Crippen LogP contribution in [0.5, 0.6) is 0 Å². The first kappa shape index (κ1) is 107. The third-order valence-electron chi connectivity index (χ3n) is 20.8. The average molecular weight is 1790 g/mol. The Labute approximate surface area is 739 Å². The minimum atomic E-state index is -4.62. The Kier molecular flexibility index (Phi) is 40.7. The first-order chi connectivity index (χ1) is 59.2. The van der Waals surface area contributed by atoms with E-state index < -0.39 is 183 Å². The van der Waals surface area contributed by atoms with Crippen LogP contribution in [-0.2, 0) is 110 Å². The van der Waals surface area contributed by atoms with E-state index in [1.54, 1.807) is 123 Å². The summed E-state index contributed by atoms with van der Waals surface area (Å²) in [6, 6.07) is 18.9. The van der Waals surface area contributed by atoms with Gasteiger partial charge in [-0.3, -0.25) is 38.4 Å². The van der Waals surface area contributed by atoms with E-state index in [4.69, 9.17) is 40.9 Å². The van der Waals surface area contributed by atoms with Crippen LogP contribution in [0, 0.1) is 23.7 Å². The summed E-state index contributed by atoms with van der Waals surface area (Å²) >= 11 is 0. The van der Waals surface area contributed by atoms with Crippen LogP contribution >= 0.6 is 0 Å². The van der Waals surface area contributed by atoms with Gasteiger partial charge in [0, 0.05) is 63.7 Å². The molecule has 0 aliphatic carbocycles. The number of hydrogen-bond acceptors (Lipinski definition) is 21. The molecule has 2 fully saturated rings. The number of Topliss-reactive ketones (excluding diaryl/α,β-unsaturated/α-hetero) is 2. The SMILES string of the molecule is COC(=O)C1(N)CCN(C(=O)[C@@H](CCCCN)NC(=O)[C@H](CC(=O)[C@@H](Cc2ccccc2)NC(=O)[C@H](N)Cc2ccc(C(F)(F)F)cc2)CC(C)C)C1.COC(=O)C1(NC(=O)OC(C)(C)C)CCN(C(=O)[C@@H](CCCCNC(=O)OC(C)(C)C)NC(=O)[C@H](CC(=O)[C@@H](Cc2ccccc2)NC(=O)[C@@H](Cc2ccc(C(F)(F)F)cc2)NC(=O)OC(C)(C)C)CC(C)C)C1. The van der Waals surface area contributed by atoms with Crippen LogP contribution in [0.1, 0.15) is 200 Å². The number of halogens is 6. The molecule has 2 heterocycles. The van der Waals surface area contributed by atoms with Crippen molar-refractivity contribution in [3.8, 4) is 0 Å². The smallest absolute Gasteiger partial charge is 0.416 e. The van der Waals surface area contributed by atoms with Crippen molar-refractivity contribution >= 4 is 77.2 Å². The Morgan fingerprint density at radius 1 is 0.441 bits per heavy atom. The van der Waals surface area contributed by atoms with Crippen LogP contribution in [-0.4, -0.2) is 205 Å². The third kappa shape index (κ3) is 36.9. The predicted molar refractivity (Wildman–Crippen MR) is 461 cm³/mol. The maximum atomic E-state index is 14.6. The summed E-state index contributed by atoms with van der Waals surface area (Å²) in [6.07, 6.45) is -9.85. The molecule has 0 aromatic heterocycles. The van der Waals surface area contributed by atoms with E-state index in [0.29, 0.717) is 49.8 Å². The molecule has 0 saturated carbocycles. The second kappa shape index (κ2) is 48.4. The molecule has 0 radical (unpaired) electrons. The minimum absolute atomic E-state index is 0.0132. The molecule has 2 unspecified atom stereocenters. The molecule has 10 atom stereocenters. The van der Waals surface area contributed by atoms with Crippen molar-refractivity contribution in [2.24, 2.45) is 40.9 Å². The molecule has 0 spiro atoms. The number of amides is 9. The van der Waals surface area contributed by atoms with E-state index in [2.05, 4.69) is 37.2 Å². The van der Waals surface area contributed by atoms with E-state index in [1.807, 2.05) is 27.7 Å². The summed E-state index contributed by atoms with van der Waals surface area (Å²) in [6.45, 7) is 22.8. The average Bonchev–Trinajstić information content (AvgIpc) is 1.65. The fraction of sp³-hybridized carbons (Fsp3) is 0.593. The van der Waals surface area contributed by atoms with E-state index in [1.165, 1.54) is 41.2 Å². The van der Waals surface area contributed by atoms with Crippen LogP contribution in [0.2, 0.25) is 0 Å². The van der Waals surface area contributed by atoms with Crippen LogP contribution in [0.25, 0.3) is 0 Å². The van der Waals surface area contributed by atoms with Crippen LogP contribution < -0.4 is 54.4 Å². The Morgan fingerprint density at radius 3 is 1.25 bits per heavy atom. The molecule has 127 heavy (non-hydrogen) atoms. The zero-order valence-corrected chi connectivity index (χ0v) is 75.5. The number of nitrogens with one attached hydrogen (secondary N) is 7. The number of hydrogen-bond donors (Lipinski definition) is 10. The lowest BCUT2D eigenvalue weighted by atomic mass is 9.88. The van der Waals surface area contributed by atoms with Gasteiger partial charge in [0.15, 0.2) is 17.1 Å². The van der Waals surface area contributed by atoms with Crippen molar-refractivity contribution in [1.29, 1.82) is 0 Å². The highest BCUT2D eigenvalue weighted by Gasteiger charge is 2.51. The lowest BCUT2D eigenvalue weighted by Gasteiger charge is -2.31. The fourth-order valence-electron chi connectivity index (χ4n) is 14.5. The van der Waals surface area contributed by atoms with Gasteiger partial charge in [0.25, 0.3) is 0 Å². The number of methoxy groups -OCH3 is 2. The molecule has 9 amide bonds. The van der Waals surface area contributed by atoms with E-state index in [-0.39, 0.29) is 114 Å². The van der Waals surface area contributed by atoms with Crippen molar-refractivity contribution in [2.75, 3.05) is 53.5 Å². The molecule has 0 bridgehead atoms. The van der Waals surface area contributed by atoms with E-state index >= 15 is 0 Å². The molecule has 6 rings (SSSR count). The lowest BCUT2D eigenvalue weighted by molar-refractivity contribution is -0.149. The molecular formula is C91H130F6N12O18. The van der Waals surface area contributed by atoms with Crippen LogP contribution in [0.3, 0.4) is 0 Å². The molecule has 2 aliphatic heterocycles. The topological polar surface area (TPSA) is 437 Å². The van der Waals surface area contributed by atoms with Crippen molar-refractivity contribution in [2.45, 2.75) is 269 Å². The number of likely N-dealkylation sites (tertiary alicyclic amines) is 2. The van der Waals surface area contributed by atoms with Gasteiger partial charge < -0.3 is 87.9 Å². The number of carbonyl (C=O) groups is 13. The quantitative estimate of drug-likeness (QED) is 0.00854. The number of benzene rings is 4. The van der Waals surface area contributed by atoms with Crippen LogP contribution in [0.15, 0.2) is 109 Å². The lowest BCUT2D eigenvalue weighted by Crippen LogP contribution is -2.59. The molecule has 13 N–H and O–H groups in total.